The Morgan fingerprint density at radius 1 is 1.06 bits per heavy atom. The number of anilines is 3. The number of aromatic nitrogens is 2. The number of nitrogens with one attached hydrogen (secondary N) is 1. The molecule has 0 bridgehead atoms. The Labute approximate surface area is 93.5 Å². The van der Waals surface area contributed by atoms with Crippen LogP contribution in [0.5, 0.6) is 0 Å². The minimum Gasteiger partial charge on any atom is -0.383 e. The van der Waals surface area contributed by atoms with E-state index in [9.17, 15) is 0 Å². The highest BCUT2D eigenvalue weighted by Gasteiger charge is 2.11. The van der Waals surface area contributed by atoms with Crippen LogP contribution in [0, 0.1) is 0 Å². The molecule has 1 aromatic carbocycles. The van der Waals surface area contributed by atoms with Gasteiger partial charge in [-0.3, -0.25) is 0 Å². The van der Waals surface area contributed by atoms with E-state index in [0.717, 1.165) is 11.1 Å². The molecule has 1 aromatic heterocycles. The lowest BCUT2D eigenvalue weighted by Gasteiger charge is -2.11. The Kier molecular flexibility index (Phi) is 2.59. The molecule has 0 aliphatic rings. The maximum Gasteiger partial charge on any atom is 0.223 e. The minimum atomic E-state index is 0.168. The first kappa shape index (κ1) is 10.2. The molecule has 0 amide bonds. The second kappa shape index (κ2) is 4.06. The number of hydrogen-bond donors (Lipinski definition) is 3. The molecule has 0 radical (unpaired) electrons. The summed E-state index contributed by atoms with van der Waals surface area (Å²) in [6.45, 7) is 0. The Morgan fingerprint density at radius 3 is 2.38 bits per heavy atom. The Bertz CT molecular complexity index is 495. The summed E-state index contributed by atoms with van der Waals surface area (Å²) in [7, 11) is 1.77. The van der Waals surface area contributed by atoms with Crippen LogP contribution < -0.4 is 16.8 Å². The molecular weight excluding hydrogens is 202 g/mol. The van der Waals surface area contributed by atoms with Gasteiger partial charge in [0.25, 0.3) is 0 Å². The van der Waals surface area contributed by atoms with Crippen LogP contribution in [0.1, 0.15) is 0 Å². The van der Waals surface area contributed by atoms with Crippen LogP contribution in [-0.2, 0) is 0 Å². The molecule has 16 heavy (non-hydrogen) atoms. The number of rotatable bonds is 2. The van der Waals surface area contributed by atoms with Gasteiger partial charge in [0.2, 0.25) is 5.95 Å². The molecule has 1 heterocycles. The minimum absolute atomic E-state index is 0.168. The van der Waals surface area contributed by atoms with Gasteiger partial charge < -0.3 is 16.8 Å². The third kappa shape index (κ3) is 1.75. The monoisotopic (exact) mass is 215 g/mol. The SMILES string of the molecule is CNc1nc(N)nc(N)c1-c1ccccc1. The number of nitrogens with two attached hydrogens (primary N) is 2. The summed E-state index contributed by atoms with van der Waals surface area (Å²) in [6.07, 6.45) is 0. The van der Waals surface area contributed by atoms with Gasteiger partial charge in [0.05, 0.1) is 5.56 Å². The Balaban J connectivity index is 2.64. The van der Waals surface area contributed by atoms with Gasteiger partial charge in [0.1, 0.15) is 11.6 Å². The number of hydrogen-bond acceptors (Lipinski definition) is 5. The summed E-state index contributed by atoms with van der Waals surface area (Å²) in [5.74, 6) is 1.18. The zero-order chi connectivity index (χ0) is 11.5. The van der Waals surface area contributed by atoms with E-state index in [1.165, 1.54) is 0 Å². The van der Waals surface area contributed by atoms with E-state index in [1.54, 1.807) is 7.05 Å². The first-order chi connectivity index (χ1) is 7.72. The highest BCUT2D eigenvalue weighted by atomic mass is 15.1. The van der Waals surface area contributed by atoms with E-state index >= 15 is 0 Å². The second-order valence-electron chi connectivity index (χ2n) is 3.31. The van der Waals surface area contributed by atoms with Crippen molar-refractivity contribution in [2.75, 3.05) is 23.8 Å². The predicted molar refractivity (Wildman–Crippen MR) is 65.8 cm³/mol. The van der Waals surface area contributed by atoms with Crippen LogP contribution >= 0.6 is 0 Å². The molecule has 0 saturated heterocycles. The fourth-order valence-corrected chi connectivity index (χ4v) is 1.57. The molecule has 2 rings (SSSR count). The fourth-order valence-electron chi connectivity index (χ4n) is 1.57. The van der Waals surface area contributed by atoms with Crippen LogP contribution in [0.4, 0.5) is 17.6 Å². The van der Waals surface area contributed by atoms with Gasteiger partial charge in [-0.15, -0.1) is 0 Å². The fraction of sp³-hybridized carbons (Fsp3) is 0.0909. The van der Waals surface area contributed by atoms with E-state index in [2.05, 4.69) is 15.3 Å². The van der Waals surface area contributed by atoms with Gasteiger partial charge >= 0.3 is 0 Å². The van der Waals surface area contributed by atoms with Gasteiger partial charge in [0.15, 0.2) is 0 Å². The van der Waals surface area contributed by atoms with Crippen molar-refractivity contribution in [1.82, 2.24) is 9.97 Å². The van der Waals surface area contributed by atoms with Crippen molar-refractivity contribution in [2.45, 2.75) is 0 Å². The van der Waals surface area contributed by atoms with Crippen molar-refractivity contribution < 1.29 is 0 Å². The molecule has 0 saturated carbocycles. The Morgan fingerprint density at radius 2 is 1.75 bits per heavy atom. The summed E-state index contributed by atoms with van der Waals surface area (Å²) in [5, 5.41) is 2.96. The first-order valence-electron chi connectivity index (χ1n) is 4.88. The molecule has 0 spiro atoms. The van der Waals surface area contributed by atoms with Crippen LogP contribution in [0.3, 0.4) is 0 Å². The van der Waals surface area contributed by atoms with Gasteiger partial charge in [0, 0.05) is 7.05 Å². The molecule has 0 fully saturated rings. The van der Waals surface area contributed by atoms with Crippen LogP contribution in [-0.4, -0.2) is 17.0 Å². The van der Waals surface area contributed by atoms with Gasteiger partial charge in [-0.05, 0) is 5.56 Å². The lowest BCUT2D eigenvalue weighted by Crippen LogP contribution is -2.06. The van der Waals surface area contributed by atoms with E-state index in [0.29, 0.717) is 11.6 Å². The molecule has 5 heteroatoms. The molecule has 2 aromatic rings. The summed E-state index contributed by atoms with van der Waals surface area (Å²) < 4.78 is 0. The van der Waals surface area contributed by atoms with Crippen LogP contribution in [0.2, 0.25) is 0 Å². The van der Waals surface area contributed by atoms with Crippen LogP contribution in [0.25, 0.3) is 11.1 Å². The summed E-state index contributed by atoms with van der Waals surface area (Å²) in [5.41, 5.74) is 13.1. The second-order valence-corrected chi connectivity index (χ2v) is 3.31. The third-order valence-electron chi connectivity index (χ3n) is 2.25. The number of nitrogens with zero attached hydrogens (tertiary/aromatic N) is 2. The largest absolute Gasteiger partial charge is 0.383 e. The zero-order valence-electron chi connectivity index (χ0n) is 8.94. The van der Waals surface area contributed by atoms with Crippen molar-refractivity contribution in [2.24, 2.45) is 0 Å². The zero-order valence-corrected chi connectivity index (χ0v) is 8.94. The van der Waals surface area contributed by atoms with E-state index in [1.807, 2.05) is 30.3 Å². The molecule has 5 nitrogen and oxygen atoms in total. The van der Waals surface area contributed by atoms with Crippen molar-refractivity contribution >= 4 is 17.6 Å². The van der Waals surface area contributed by atoms with Crippen molar-refractivity contribution in [3.05, 3.63) is 30.3 Å². The molecule has 0 unspecified atom stereocenters. The summed E-state index contributed by atoms with van der Waals surface area (Å²) in [6, 6.07) is 9.71. The van der Waals surface area contributed by atoms with Gasteiger partial charge in [-0.1, -0.05) is 30.3 Å². The normalized spacial score (nSPS) is 10.1. The number of nitrogen functional groups attached to an aromatic ring is 2. The standard InChI is InChI=1S/C11H13N5/c1-14-10-8(7-5-3-2-4-6-7)9(12)15-11(13)16-10/h2-6H,1H3,(H5,12,13,14,15,16). The lowest BCUT2D eigenvalue weighted by atomic mass is 10.1. The smallest absolute Gasteiger partial charge is 0.223 e. The van der Waals surface area contributed by atoms with Crippen molar-refractivity contribution in [3.63, 3.8) is 0 Å². The molecular formula is C11H13N5. The molecule has 5 N–H and O–H groups in total. The van der Waals surface area contributed by atoms with Gasteiger partial charge in [-0.2, -0.15) is 9.97 Å². The highest BCUT2D eigenvalue weighted by Crippen LogP contribution is 2.30. The third-order valence-corrected chi connectivity index (χ3v) is 2.25. The topological polar surface area (TPSA) is 89.8 Å². The molecule has 0 aliphatic carbocycles. The molecule has 0 atom stereocenters. The highest BCUT2D eigenvalue weighted by molar-refractivity contribution is 5.84. The van der Waals surface area contributed by atoms with Crippen molar-refractivity contribution in [1.29, 1.82) is 0 Å². The quantitative estimate of drug-likeness (QED) is 0.703. The van der Waals surface area contributed by atoms with E-state index in [-0.39, 0.29) is 5.95 Å². The summed E-state index contributed by atoms with van der Waals surface area (Å²) in [4.78, 5) is 8.07. The van der Waals surface area contributed by atoms with Crippen LogP contribution in [0.15, 0.2) is 30.3 Å². The van der Waals surface area contributed by atoms with Gasteiger partial charge in [-0.25, -0.2) is 0 Å². The average molecular weight is 215 g/mol. The maximum atomic E-state index is 5.86. The maximum absolute atomic E-state index is 5.86. The van der Waals surface area contributed by atoms with Crippen molar-refractivity contribution in [3.8, 4) is 11.1 Å². The molecule has 82 valence electrons. The number of benzene rings is 1. The Hall–Kier alpha value is -2.30. The van der Waals surface area contributed by atoms with E-state index in [4.69, 9.17) is 11.5 Å². The summed E-state index contributed by atoms with van der Waals surface area (Å²) >= 11 is 0. The predicted octanol–water partition coefficient (Wildman–Crippen LogP) is 1.35. The average Bonchev–Trinajstić information content (AvgIpc) is 2.29. The van der Waals surface area contributed by atoms with E-state index < -0.39 is 0 Å². The molecule has 0 aliphatic heterocycles. The lowest BCUT2D eigenvalue weighted by molar-refractivity contribution is 1.19. The first-order valence-corrected chi connectivity index (χ1v) is 4.88.